The highest BCUT2D eigenvalue weighted by molar-refractivity contribution is 5.96. The van der Waals surface area contributed by atoms with E-state index in [-0.39, 0.29) is 5.91 Å². The van der Waals surface area contributed by atoms with Crippen molar-refractivity contribution in [3.05, 3.63) is 35.1 Å². The summed E-state index contributed by atoms with van der Waals surface area (Å²) in [5.74, 6) is 0.0866. The number of fused-ring (bicyclic) bond motifs is 1. The number of aryl methyl sites for hydroxylation is 2. The molecule has 3 N–H and O–H groups in total. The third kappa shape index (κ3) is 2.79. The Hall–Kier alpha value is -1.81. The Labute approximate surface area is 113 Å². The van der Waals surface area contributed by atoms with Gasteiger partial charge in [-0.3, -0.25) is 4.79 Å². The van der Waals surface area contributed by atoms with E-state index in [0.717, 1.165) is 16.5 Å². The maximum absolute atomic E-state index is 12.1. The third-order valence-electron chi connectivity index (χ3n) is 3.32. The zero-order chi connectivity index (χ0) is 14.2. The fraction of sp³-hybridized carbons (Fsp3) is 0.400. The summed E-state index contributed by atoms with van der Waals surface area (Å²) < 4.78 is 5.60. The molecule has 0 aliphatic rings. The first-order valence-corrected chi connectivity index (χ1v) is 6.36. The molecule has 0 spiro atoms. The zero-order valence-corrected chi connectivity index (χ0v) is 11.8. The minimum Gasteiger partial charge on any atom is -0.451 e. The molecule has 1 heterocycles. The number of furan rings is 1. The van der Waals surface area contributed by atoms with Crippen LogP contribution in [0.1, 0.15) is 35.5 Å². The molecule has 19 heavy (non-hydrogen) atoms. The molecule has 0 saturated heterocycles. The minimum absolute atomic E-state index is 0.234. The summed E-state index contributed by atoms with van der Waals surface area (Å²) in [6.45, 7) is 8.19. The average Bonchev–Trinajstić information content (AvgIpc) is 2.72. The van der Waals surface area contributed by atoms with Crippen molar-refractivity contribution < 1.29 is 9.21 Å². The number of hydrogen-bond acceptors (Lipinski definition) is 3. The van der Waals surface area contributed by atoms with Crippen LogP contribution in [-0.4, -0.2) is 18.0 Å². The van der Waals surface area contributed by atoms with Crippen molar-refractivity contribution in [2.75, 3.05) is 6.54 Å². The van der Waals surface area contributed by atoms with Gasteiger partial charge in [-0.1, -0.05) is 0 Å². The van der Waals surface area contributed by atoms with Gasteiger partial charge in [0.15, 0.2) is 5.76 Å². The monoisotopic (exact) mass is 260 g/mol. The van der Waals surface area contributed by atoms with Crippen molar-refractivity contribution >= 4 is 16.9 Å². The molecule has 4 heteroatoms. The van der Waals surface area contributed by atoms with E-state index in [9.17, 15) is 4.79 Å². The van der Waals surface area contributed by atoms with Crippen LogP contribution in [0.2, 0.25) is 0 Å². The Morgan fingerprint density at radius 1 is 1.26 bits per heavy atom. The number of amides is 1. The van der Waals surface area contributed by atoms with Gasteiger partial charge in [0.25, 0.3) is 5.91 Å². The second-order valence-electron chi connectivity index (χ2n) is 5.63. The summed E-state index contributed by atoms with van der Waals surface area (Å²) >= 11 is 0. The molecular weight excluding hydrogens is 240 g/mol. The van der Waals surface area contributed by atoms with Crippen LogP contribution in [0.3, 0.4) is 0 Å². The molecule has 1 amide bonds. The molecule has 2 rings (SSSR count). The van der Waals surface area contributed by atoms with Crippen LogP contribution >= 0.6 is 0 Å². The smallest absolute Gasteiger partial charge is 0.287 e. The highest BCUT2D eigenvalue weighted by atomic mass is 16.3. The van der Waals surface area contributed by atoms with Crippen LogP contribution in [0.15, 0.2) is 22.6 Å². The molecule has 0 saturated carbocycles. The van der Waals surface area contributed by atoms with Crippen LogP contribution in [0.5, 0.6) is 0 Å². The van der Waals surface area contributed by atoms with Gasteiger partial charge >= 0.3 is 0 Å². The van der Waals surface area contributed by atoms with Crippen molar-refractivity contribution in [2.45, 2.75) is 33.2 Å². The number of benzene rings is 1. The Morgan fingerprint density at radius 3 is 2.53 bits per heavy atom. The van der Waals surface area contributed by atoms with Gasteiger partial charge in [0, 0.05) is 17.5 Å². The second-order valence-corrected chi connectivity index (χ2v) is 5.63. The topological polar surface area (TPSA) is 68.3 Å². The van der Waals surface area contributed by atoms with Crippen LogP contribution in [-0.2, 0) is 0 Å². The third-order valence-corrected chi connectivity index (χ3v) is 3.32. The van der Waals surface area contributed by atoms with Gasteiger partial charge in [-0.15, -0.1) is 0 Å². The Balaban J connectivity index is 2.33. The van der Waals surface area contributed by atoms with Gasteiger partial charge < -0.3 is 15.5 Å². The molecule has 0 bridgehead atoms. The van der Waals surface area contributed by atoms with Crippen LogP contribution in [0.4, 0.5) is 0 Å². The summed E-state index contributed by atoms with van der Waals surface area (Å²) in [4.78, 5) is 12.1. The van der Waals surface area contributed by atoms with E-state index in [1.807, 2.05) is 39.8 Å². The number of nitrogens with one attached hydrogen (secondary N) is 1. The van der Waals surface area contributed by atoms with Crippen LogP contribution in [0, 0.1) is 13.8 Å². The molecule has 0 aliphatic carbocycles. The maximum Gasteiger partial charge on any atom is 0.287 e. The van der Waals surface area contributed by atoms with E-state index in [4.69, 9.17) is 10.2 Å². The molecule has 1 aromatic heterocycles. The Morgan fingerprint density at radius 2 is 1.89 bits per heavy atom. The Kier molecular flexibility index (Phi) is 3.37. The molecule has 0 radical (unpaired) electrons. The highest BCUT2D eigenvalue weighted by Gasteiger charge is 2.21. The molecule has 1 aromatic carbocycles. The zero-order valence-electron chi connectivity index (χ0n) is 11.8. The van der Waals surface area contributed by atoms with Crippen molar-refractivity contribution in [3.8, 4) is 0 Å². The fourth-order valence-corrected chi connectivity index (χ4v) is 1.83. The first-order chi connectivity index (χ1) is 8.82. The molecule has 102 valence electrons. The molecular formula is C15H20N2O2. The van der Waals surface area contributed by atoms with Gasteiger partial charge in [-0.2, -0.15) is 0 Å². The van der Waals surface area contributed by atoms with E-state index in [2.05, 4.69) is 5.32 Å². The molecule has 2 aromatic rings. The summed E-state index contributed by atoms with van der Waals surface area (Å²) in [6, 6.07) is 5.75. The van der Waals surface area contributed by atoms with Crippen molar-refractivity contribution in [1.29, 1.82) is 0 Å². The molecule has 4 nitrogen and oxygen atoms in total. The molecule has 0 aliphatic heterocycles. The molecule has 0 fully saturated rings. The van der Waals surface area contributed by atoms with Gasteiger partial charge in [0.1, 0.15) is 5.58 Å². The standard InChI is InChI=1S/C15H20N2O2/c1-9-5-11-7-13(19-12(11)6-10(9)2)14(18)17-15(3,4)8-16/h5-7H,8,16H2,1-4H3,(H,17,18). The number of rotatable bonds is 3. The largest absolute Gasteiger partial charge is 0.451 e. The second kappa shape index (κ2) is 4.70. The SMILES string of the molecule is Cc1cc2cc(C(=O)NC(C)(C)CN)oc2cc1C. The Bertz CT molecular complexity index is 587. The van der Waals surface area contributed by atoms with Crippen molar-refractivity contribution in [3.63, 3.8) is 0 Å². The minimum atomic E-state index is -0.443. The van der Waals surface area contributed by atoms with E-state index in [1.165, 1.54) is 5.56 Å². The molecule has 0 unspecified atom stereocenters. The summed E-state index contributed by atoms with van der Waals surface area (Å²) in [5.41, 5.74) is 8.23. The van der Waals surface area contributed by atoms with Crippen LogP contribution < -0.4 is 11.1 Å². The van der Waals surface area contributed by atoms with E-state index >= 15 is 0 Å². The number of nitrogens with two attached hydrogens (primary N) is 1. The quantitative estimate of drug-likeness (QED) is 0.891. The number of carbonyl (C=O) groups excluding carboxylic acids is 1. The van der Waals surface area contributed by atoms with Gasteiger partial charge in [0.05, 0.1) is 0 Å². The first-order valence-electron chi connectivity index (χ1n) is 6.36. The summed E-state index contributed by atoms with van der Waals surface area (Å²) in [7, 11) is 0. The summed E-state index contributed by atoms with van der Waals surface area (Å²) in [5, 5.41) is 3.80. The number of carbonyl (C=O) groups is 1. The fourth-order valence-electron chi connectivity index (χ4n) is 1.83. The first kappa shape index (κ1) is 13.6. The highest BCUT2D eigenvalue weighted by Crippen LogP contribution is 2.23. The van der Waals surface area contributed by atoms with E-state index in [1.54, 1.807) is 6.07 Å². The van der Waals surface area contributed by atoms with E-state index < -0.39 is 5.54 Å². The van der Waals surface area contributed by atoms with Crippen LogP contribution in [0.25, 0.3) is 11.0 Å². The lowest BCUT2D eigenvalue weighted by Gasteiger charge is -2.23. The van der Waals surface area contributed by atoms with Gasteiger partial charge in [-0.05, 0) is 57.0 Å². The lowest BCUT2D eigenvalue weighted by molar-refractivity contribution is 0.0889. The van der Waals surface area contributed by atoms with Crippen molar-refractivity contribution in [2.24, 2.45) is 5.73 Å². The lowest BCUT2D eigenvalue weighted by Crippen LogP contribution is -2.48. The predicted molar refractivity (Wildman–Crippen MR) is 76.3 cm³/mol. The average molecular weight is 260 g/mol. The van der Waals surface area contributed by atoms with Crippen molar-refractivity contribution in [1.82, 2.24) is 5.32 Å². The van der Waals surface area contributed by atoms with Gasteiger partial charge in [0.2, 0.25) is 0 Å². The summed E-state index contributed by atoms with van der Waals surface area (Å²) in [6.07, 6.45) is 0. The van der Waals surface area contributed by atoms with E-state index in [0.29, 0.717) is 12.3 Å². The predicted octanol–water partition coefficient (Wildman–Crippen LogP) is 2.52. The normalized spacial score (nSPS) is 11.8. The van der Waals surface area contributed by atoms with Gasteiger partial charge in [-0.25, -0.2) is 0 Å². The lowest BCUT2D eigenvalue weighted by atomic mass is 10.1. The number of hydrogen-bond donors (Lipinski definition) is 2. The maximum atomic E-state index is 12.1. The molecule has 0 atom stereocenters.